The van der Waals surface area contributed by atoms with Gasteiger partial charge in [0.1, 0.15) is 0 Å². The summed E-state index contributed by atoms with van der Waals surface area (Å²) < 4.78 is 1.06. The Kier molecular flexibility index (Phi) is 3.91. The molecule has 0 saturated heterocycles. The summed E-state index contributed by atoms with van der Waals surface area (Å²) in [5, 5.41) is 5.18. The van der Waals surface area contributed by atoms with E-state index in [0.717, 1.165) is 42.3 Å². The number of rotatable bonds is 2. The van der Waals surface area contributed by atoms with Crippen molar-refractivity contribution in [3.8, 4) is 0 Å². The number of anilines is 3. The fourth-order valence-corrected chi connectivity index (χ4v) is 3.22. The minimum atomic E-state index is 0.724. The summed E-state index contributed by atoms with van der Waals surface area (Å²) in [6.07, 6.45) is 0. The maximum Gasteiger partial charge on any atom is 0.0727 e. The van der Waals surface area contributed by atoms with E-state index < -0.39 is 0 Å². The fraction of sp³-hybridized carbons (Fsp3) is 0.0625. The van der Waals surface area contributed by atoms with Gasteiger partial charge in [0.15, 0.2) is 0 Å². The lowest BCUT2D eigenvalue weighted by molar-refractivity contribution is 1.25. The van der Waals surface area contributed by atoms with Crippen molar-refractivity contribution in [1.29, 1.82) is 0 Å². The van der Waals surface area contributed by atoms with Crippen LogP contribution in [0.4, 0.5) is 17.1 Å². The van der Waals surface area contributed by atoms with E-state index in [1.807, 2.05) is 49.4 Å². The average Bonchev–Trinajstić information content (AvgIpc) is 2.42. The minimum Gasteiger partial charge on any atom is -0.399 e. The lowest BCUT2D eigenvalue weighted by Crippen LogP contribution is -1.97. The molecule has 0 radical (unpaired) electrons. The molecule has 1 aromatic heterocycles. The van der Waals surface area contributed by atoms with Crippen LogP contribution in [0.1, 0.15) is 5.69 Å². The van der Waals surface area contributed by atoms with Crippen molar-refractivity contribution in [2.75, 3.05) is 11.1 Å². The van der Waals surface area contributed by atoms with E-state index in [1.54, 1.807) is 0 Å². The first-order valence-corrected chi connectivity index (χ1v) is 7.87. The average molecular weight is 410 g/mol. The van der Waals surface area contributed by atoms with E-state index in [-0.39, 0.29) is 0 Å². The monoisotopic (exact) mass is 409 g/mol. The number of hydrogen-bond acceptors (Lipinski definition) is 3. The van der Waals surface area contributed by atoms with Gasteiger partial charge < -0.3 is 11.1 Å². The molecular weight excluding hydrogens is 397 g/mol. The molecule has 0 aliphatic carbocycles. The molecule has 106 valence electrons. The highest BCUT2D eigenvalue weighted by Crippen LogP contribution is 2.31. The first-order chi connectivity index (χ1) is 10.0. The zero-order chi connectivity index (χ0) is 15.0. The van der Waals surface area contributed by atoms with Crippen molar-refractivity contribution in [2.24, 2.45) is 0 Å². The van der Waals surface area contributed by atoms with E-state index >= 15 is 0 Å². The van der Waals surface area contributed by atoms with Gasteiger partial charge >= 0.3 is 0 Å². The third kappa shape index (κ3) is 3.06. The summed E-state index contributed by atoms with van der Waals surface area (Å²) in [4.78, 5) is 4.54. The van der Waals surface area contributed by atoms with Gasteiger partial charge in [-0.1, -0.05) is 11.6 Å². The van der Waals surface area contributed by atoms with Gasteiger partial charge in [0.2, 0.25) is 0 Å². The summed E-state index contributed by atoms with van der Waals surface area (Å²) in [7, 11) is 0. The maximum atomic E-state index is 6.00. The number of benzene rings is 2. The molecule has 0 bridgehead atoms. The molecule has 21 heavy (non-hydrogen) atoms. The molecular formula is C16H13ClIN3. The van der Waals surface area contributed by atoms with Crippen LogP contribution in [0.5, 0.6) is 0 Å². The van der Waals surface area contributed by atoms with Crippen molar-refractivity contribution < 1.29 is 0 Å². The second-order valence-corrected chi connectivity index (χ2v) is 6.44. The topological polar surface area (TPSA) is 50.9 Å². The summed E-state index contributed by atoms with van der Waals surface area (Å²) in [6.45, 7) is 1.98. The number of aromatic nitrogens is 1. The van der Waals surface area contributed by atoms with Crippen LogP contribution < -0.4 is 11.1 Å². The van der Waals surface area contributed by atoms with Crippen LogP contribution in [0.15, 0.2) is 42.5 Å². The van der Waals surface area contributed by atoms with E-state index in [2.05, 4.69) is 32.9 Å². The molecule has 1 heterocycles. The van der Waals surface area contributed by atoms with Gasteiger partial charge in [-0.3, -0.25) is 4.98 Å². The second-order valence-electron chi connectivity index (χ2n) is 4.84. The van der Waals surface area contributed by atoms with Crippen LogP contribution >= 0.6 is 34.2 Å². The highest BCUT2D eigenvalue weighted by Gasteiger charge is 2.07. The number of aryl methyl sites for hydroxylation is 1. The number of nitrogens with one attached hydrogen (secondary N) is 1. The lowest BCUT2D eigenvalue weighted by atomic mass is 10.1. The fourth-order valence-electron chi connectivity index (χ4n) is 2.22. The minimum absolute atomic E-state index is 0.724. The Labute approximate surface area is 141 Å². The summed E-state index contributed by atoms with van der Waals surface area (Å²) in [5.41, 5.74) is 10.5. The van der Waals surface area contributed by atoms with Gasteiger partial charge in [-0.2, -0.15) is 0 Å². The zero-order valence-corrected chi connectivity index (χ0v) is 14.2. The Hall–Kier alpha value is -1.53. The van der Waals surface area contributed by atoms with Crippen molar-refractivity contribution in [1.82, 2.24) is 4.98 Å². The van der Waals surface area contributed by atoms with Crippen molar-refractivity contribution >= 4 is 62.2 Å². The van der Waals surface area contributed by atoms with E-state index in [0.29, 0.717) is 0 Å². The number of hydrogen-bond donors (Lipinski definition) is 2. The highest BCUT2D eigenvalue weighted by molar-refractivity contribution is 14.1. The molecule has 3 aromatic rings. The largest absolute Gasteiger partial charge is 0.399 e. The number of nitrogens with zero attached hydrogens (tertiary/aromatic N) is 1. The molecule has 3 rings (SSSR count). The normalized spacial score (nSPS) is 10.8. The van der Waals surface area contributed by atoms with Gasteiger partial charge in [-0.05, 0) is 72.0 Å². The Morgan fingerprint density at radius 2 is 1.90 bits per heavy atom. The standard InChI is InChI=1S/C16H13ClIN3/c1-9-6-16(12-8-11(19)3-5-14(12)20-9)21-15-4-2-10(17)7-13(15)18/h2-8H,19H2,1H3,(H,20,21). The molecule has 0 spiro atoms. The number of nitrogen functional groups attached to an aromatic ring is 1. The van der Waals surface area contributed by atoms with Crippen LogP contribution in [0.3, 0.4) is 0 Å². The number of pyridine rings is 1. The van der Waals surface area contributed by atoms with E-state index in [9.17, 15) is 0 Å². The number of halogens is 2. The Bertz CT molecular complexity index is 833. The van der Waals surface area contributed by atoms with Gasteiger partial charge in [0.25, 0.3) is 0 Å². The molecule has 3 N–H and O–H groups in total. The first kappa shape index (κ1) is 14.4. The molecule has 0 aliphatic heterocycles. The molecule has 0 aliphatic rings. The molecule has 0 unspecified atom stereocenters. The van der Waals surface area contributed by atoms with Crippen molar-refractivity contribution in [3.05, 3.63) is 56.8 Å². The van der Waals surface area contributed by atoms with Gasteiger partial charge in [0.05, 0.1) is 11.2 Å². The van der Waals surface area contributed by atoms with Gasteiger partial charge in [-0.25, -0.2) is 0 Å². The quantitative estimate of drug-likeness (QED) is 0.456. The number of nitrogens with two attached hydrogens (primary N) is 1. The molecule has 0 amide bonds. The smallest absolute Gasteiger partial charge is 0.0727 e. The maximum absolute atomic E-state index is 6.00. The Morgan fingerprint density at radius 1 is 1.10 bits per heavy atom. The van der Waals surface area contributed by atoms with Gasteiger partial charge in [0, 0.05) is 31.0 Å². The third-order valence-corrected chi connectivity index (χ3v) is 4.29. The predicted octanol–water partition coefficient (Wildman–Crippen LogP) is 5.13. The number of fused-ring (bicyclic) bond motifs is 1. The molecule has 0 atom stereocenters. The zero-order valence-electron chi connectivity index (χ0n) is 11.3. The molecule has 0 saturated carbocycles. The van der Waals surface area contributed by atoms with Crippen molar-refractivity contribution in [2.45, 2.75) is 6.92 Å². The van der Waals surface area contributed by atoms with Crippen molar-refractivity contribution in [3.63, 3.8) is 0 Å². The third-order valence-electron chi connectivity index (χ3n) is 3.16. The second kappa shape index (κ2) is 5.69. The van der Waals surface area contributed by atoms with Gasteiger partial charge in [-0.15, -0.1) is 0 Å². The SMILES string of the molecule is Cc1cc(Nc2ccc(Cl)cc2I)c2cc(N)ccc2n1. The highest BCUT2D eigenvalue weighted by atomic mass is 127. The van der Waals surface area contributed by atoms with Crippen LogP contribution in [0.2, 0.25) is 5.02 Å². The predicted molar refractivity (Wildman–Crippen MR) is 98.3 cm³/mol. The van der Waals surface area contributed by atoms with Crippen LogP contribution in [-0.4, -0.2) is 4.98 Å². The van der Waals surface area contributed by atoms with Crippen LogP contribution in [-0.2, 0) is 0 Å². The Balaban J connectivity index is 2.13. The summed E-state index contributed by atoms with van der Waals surface area (Å²) >= 11 is 8.27. The van der Waals surface area contributed by atoms with Crippen LogP contribution in [0.25, 0.3) is 10.9 Å². The van der Waals surface area contributed by atoms with Crippen LogP contribution in [0, 0.1) is 10.5 Å². The summed E-state index contributed by atoms with van der Waals surface area (Å²) in [5.74, 6) is 0. The molecule has 2 aromatic carbocycles. The molecule has 0 fully saturated rings. The molecule has 5 heteroatoms. The Morgan fingerprint density at radius 3 is 2.67 bits per heavy atom. The van der Waals surface area contributed by atoms with E-state index in [4.69, 9.17) is 17.3 Å². The first-order valence-electron chi connectivity index (χ1n) is 6.42. The summed E-state index contributed by atoms with van der Waals surface area (Å²) in [6, 6.07) is 13.5. The lowest BCUT2D eigenvalue weighted by Gasteiger charge is -2.13. The van der Waals surface area contributed by atoms with E-state index in [1.165, 1.54) is 0 Å². The molecule has 3 nitrogen and oxygen atoms in total.